The molecule has 3 aliphatic heterocycles. The molecule has 4 heterocycles. The first-order valence-electron chi connectivity index (χ1n) is 8.93. The summed E-state index contributed by atoms with van der Waals surface area (Å²) in [4.78, 5) is 20.4. The van der Waals surface area contributed by atoms with Crippen LogP contribution in [0.2, 0.25) is 0 Å². The highest BCUT2D eigenvalue weighted by Crippen LogP contribution is 2.46. The van der Waals surface area contributed by atoms with Crippen molar-refractivity contribution in [2.24, 2.45) is 0 Å². The molecule has 9 nitrogen and oxygen atoms in total. The molecule has 1 aromatic carbocycles. The van der Waals surface area contributed by atoms with Crippen molar-refractivity contribution in [2.75, 3.05) is 31.3 Å². The van der Waals surface area contributed by atoms with E-state index in [1.165, 1.54) is 0 Å². The van der Waals surface area contributed by atoms with Crippen LogP contribution in [0.5, 0.6) is 0 Å². The number of nitrogens with zero attached hydrogens (tertiary/aromatic N) is 5. The summed E-state index contributed by atoms with van der Waals surface area (Å²) >= 11 is 0. The SMILES string of the molecule is Cc1ccc2c(c1)N1CN([N+](=O)[O-])NC1(c1ccccn1)CN1CCOC21. The van der Waals surface area contributed by atoms with Gasteiger partial charge in [-0.2, -0.15) is 0 Å². The van der Waals surface area contributed by atoms with E-state index in [4.69, 9.17) is 4.74 Å². The van der Waals surface area contributed by atoms with Crippen LogP contribution in [0.15, 0.2) is 42.6 Å². The van der Waals surface area contributed by atoms with E-state index in [0.29, 0.717) is 13.2 Å². The highest BCUT2D eigenvalue weighted by molar-refractivity contribution is 5.61. The molecule has 2 aromatic rings. The topological polar surface area (TPSA) is 87.0 Å². The first kappa shape index (κ1) is 16.4. The summed E-state index contributed by atoms with van der Waals surface area (Å²) in [5, 5.41) is 12.2. The van der Waals surface area contributed by atoms with Gasteiger partial charge in [0.05, 0.1) is 12.3 Å². The molecule has 0 bridgehead atoms. The van der Waals surface area contributed by atoms with Gasteiger partial charge in [-0.05, 0) is 35.8 Å². The minimum atomic E-state index is -0.848. The van der Waals surface area contributed by atoms with E-state index in [0.717, 1.165) is 34.2 Å². The van der Waals surface area contributed by atoms with Gasteiger partial charge in [0.1, 0.15) is 6.23 Å². The number of nitrogens with one attached hydrogen (secondary N) is 1. The van der Waals surface area contributed by atoms with Crippen LogP contribution in [0.25, 0.3) is 0 Å². The summed E-state index contributed by atoms with van der Waals surface area (Å²) in [6.07, 6.45) is 1.57. The monoisotopic (exact) mass is 368 g/mol. The van der Waals surface area contributed by atoms with Gasteiger partial charge in [0.25, 0.3) is 0 Å². The zero-order valence-electron chi connectivity index (χ0n) is 14.9. The molecule has 0 radical (unpaired) electrons. The summed E-state index contributed by atoms with van der Waals surface area (Å²) in [6.45, 7) is 4.05. The number of hydrazine groups is 2. The Labute approximate surface area is 156 Å². The number of hydrogen-bond acceptors (Lipinski definition) is 7. The second-order valence-electron chi connectivity index (χ2n) is 7.15. The summed E-state index contributed by atoms with van der Waals surface area (Å²) in [5.74, 6) is 0. The summed E-state index contributed by atoms with van der Waals surface area (Å²) in [5.41, 5.74) is 6.09. The van der Waals surface area contributed by atoms with Gasteiger partial charge in [-0.3, -0.25) is 9.88 Å². The fraction of sp³-hybridized carbons (Fsp3) is 0.389. The number of anilines is 1. The van der Waals surface area contributed by atoms with Crippen LogP contribution in [-0.2, 0) is 10.4 Å². The first-order valence-corrected chi connectivity index (χ1v) is 8.93. The Balaban J connectivity index is 1.74. The fourth-order valence-corrected chi connectivity index (χ4v) is 4.29. The van der Waals surface area contributed by atoms with Crippen molar-refractivity contribution in [3.8, 4) is 0 Å². The van der Waals surface area contributed by atoms with Crippen LogP contribution in [0, 0.1) is 17.0 Å². The van der Waals surface area contributed by atoms with Crippen molar-refractivity contribution in [1.29, 1.82) is 0 Å². The molecule has 2 atom stereocenters. The van der Waals surface area contributed by atoms with E-state index in [9.17, 15) is 10.1 Å². The lowest BCUT2D eigenvalue weighted by Gasteiger charge is -2.37. The Morgan fingerprint density at radius 3 is 3.04 bits per heavy atom. The molecule has 3 aliphatic rings. The quantitative estimate of drug-likeness (QED) is 0.628. The second kappa shape index (κ2) is 5.88. The average molecular weight is 368 g/mol. The van der Waals surface area contributed by atoms with Crippen LogP contribution >= 0.6 is 0 Å². The molecule has 5 rings (SSSR count). The van der Waals surface area contributed by atoms with Crippen LogP contribution < -0.4 is 10.3 Å². The number of aromatic nitrogens is 1. The molecular formula is C18H20N6O3. The third kappa shape index (κ3) is 2.39. The minimum absolute atomic E-state index is 0.112. The smallest absolute Gasteiger partial charge is 0.178 e. The highest BCUT2D eigenvalue weighted by atomic mass is 16.7. The highest BCUT2D eigenvalue weighted by Gasteiger charge is 2.55. The second-order valence-corrected chi connectivity index (χ2v) is 7.15. The first-order chi connectivity index (χ1) is 13.1. The summed E-state index contributed by atoms with van der Waals surface area (Å²) in [6, 6.07) is 11.9. The molecule has 0 aliphatic carbocycles. The van der Waals surface area contributed by atoms with Gasteiger partial charge in [-0.15, -0.1) is 5.43 Å². The Kier molecular flexibility index (Phi) is 3.58. The van der Waals surface area contributed by atoms with E-state index in [1.807, 2.05) is 30.0 Å². The van der Waals surface area contributed by atoms with E-state index < -0.39 is 10.7 Å². The van der Waals surface area contributed by atoms with Crippen LogP contribution in [0.3, 0.4) is 0 Å². The maximum Gasteiger partial charge on any atom is 0.178 e. The number of hydrogen-bond donors (Lipinski definition) is 1. The number of benzene rings is 1. The number of nitro groups is 1. The molecule has 0 saturated carbocycles. The van der Waals surface area contributed by atoms with E-state index in [-0.39, 0.29) is 12.9 Å². The molecule has 2 fully saturated rings. The van der Waals surface area contributed by atoms with Crippen LogP contribution in [0.4, 0.5) is 5.69 Å². The molecule has 0 spiro atoms. The predicted octanol–water partition coefficient (Wildman–Crippen LogP) is 1.36. The molecule has 2 saturated heterocycles. The van der Waals surface area contributed by atoms with E-state index >= 15 is 0 Å². The lowest BCUT2D eigenvalue weighted by atomic mass is 10.0. The van der Waals surface area contributed by atoms with Crippen molar-refractivity contribution < 1.29 is 9.77 Å². The Bertz CT molecular complexity index is 894. The normalized spacial score (nSPS) is 27.1. The van der Waals surface area contributed by atoms with Gasteiger partial charge in [0.15, 0.2) is 17.4 Å². The van der Waals surface area contributed by atoms with E-state index in [2.05, 4.69) is 33.5 Å². The van der Waals surface area contributed by atoms with Gasteiger partial charge >= 0.3 is 0 Å². The largest absolute Gasteiger partial charge is 0.357 e. The third-order valence-electron chi connectivity index (χ3n) is 5.50. The fourth-order valence-electron chi connectivity index (χ4n) is 4.29. The molecule has 1 aromatic heterocycles. The lowest BCUT2D eigenvalue weighted by molar-refractivity contribution is -0.666. The van der Waals surface area contributed by atoms with Crippen molar-refractivity contribution in [3.05, 3.63) is 69.5 Å². The lowest BCUT2D eigenvalue weighted by Crippen LogP contribution is -2.57. The minimum Gasteiger partial charge on any atom is -0.357 e. The number of rotatable bonds is 2. The number of ether oxygens (including phenoxy) is 1. The van der Waals surface area contributed by atoms with Crippen molar-refractivity contribution in [3.63, 3.8) is 0 Å². The number of fused-ring (bicyclic) bond motifs is 5. The number of aryl methyl sites for hydroxylation is 1. The van der Waals surface area contributed by atoms with Crippen LogP contribution in [-0.4, -0.2) is 46.4 Å². The molecule has 2 unspecified atom stereocenters. The Hall–Kier alpha value is -2.75. The predicted molar refractivity (Wildman–Crippen MR) is 96.7 cm³/mol. The van der Waals surface area contributed by atoms with Crippen molar-refractivity contribution >= 4 is 5.69 Å². The van der Waals surface area contributed by atoms with Crippen molar-refractivity contribution in [2.45, 2.75) is 18.8 Å². The molecule has 1 N–H and O–H groups in total. The molecule has 9 heteroatoms. The van der Waals surface area contributed by atoms with Gasteiger partial charge in [-0.25, -0.2) is 10.1 Å². The zero-order chi connectivity index (χ0) is 18.6. The van der Waals surface area contributed by atoms with Gasteiger partial charge < -0.3 is 9.64 Å². The summed E-state index contributed by atoms with van der Waals surface area (Å²) in [7, 11) is 0. The summed E-state index contributed by atoms with van der Waals surface area (Å²) < 4.78 is 6.03. The zero-order valence-corrected chi connectivity index (χ0v) is 14.9. The van der Waals surface area contributed by atoms with Gasteiger partial charge in [0, 0.05) is 30.5 Å². The third-order valence-corrected chi connectivity index (χ3v) is 5.50. The van der Waals surface area contributed by atoms with Gasteiger partial charge in [-0.1, -0.05) is 18.2 Å². The van der Waals surface area contributed by atoms with Crippen molar-refractivity contribution in [1.82, 2.24) is 20.4 Å². The molecule has 27 heavy (non-hydrogen) atoms. The molecule has 0 amide bonds. The molecule has 140 valence electrons. The number of pyridine rings is 1. The van der Waals surface area contributed by atoms with E-state index in [1.54, 1.807) is 6.20 Å². The van der Waals surface area contributed by atoms with Gasteiger partial charge in [0.2, 0.25) is 0 Å². The maximum absolute atomic E-state index is 11.6. The Morgan fingerprint density at radius 2 is 2.26 bits per heavy atom. The maximum atomic E-state index is 11.6. The van der Waals surface area contributed by atoms with Crippen LogP contribution in [0.1, 0.15) is 23.0 Å². The standard InChI is InChI=1S/C18H20N6O3/c1-13-5-6-14-15(10-13)22-12-23(24(25)26)20-18(22,16-4-2-3-7-19-16)11-21-8-9-27-17(14)21/h2-7,10,17,20H,8-9,11-12H2,1H3. The molecular weight excluding hydrogens is 348 g/mol. The average Bonchev–Trinajstić information content (AvgIpc) is 3.26. The Morgan fingerprint density at radius 1 is 1.37 bits per heavy atom.